The second-order valence-electron chi connectivity index (χ2n) is 18.2. The third-order valence-electron chi connectivity index (χ3n) is 11.1. The normalized spacial score (nSPS) is 11.8. The number of carbonyl (C=O) groups is 3. The van der Waals surface area contributed by atoms with Crippen molar-refractivity contribution in [1.82, 2.24) is 10.2 Å². The Bertz CT molecular complexity index is 906. The van der Waals surface area contributed by atoms with Gasteiger partial charge in [0.05, 0.1) is 13.2 Å². The fourth-order valence-electron chi connectivity index (χ4n) is 7.54. The molecule has 8 nitrogen and oxygen atoms in total. The first-order chi connectivity index (χ1) is 28.1. The lowest BCUT2D eigenvalue weighted by Gasteiger charge is -2.23. The molecule has 1 N–H and O–H groups in total. The average molecular weight is 823 g/mol. The monoisotopic (exact) mass is 823 g/mol. The Morgan fingerprint density at radius 1 is 0.483 bits per heavy atom. The van der Waals surface area contributed by atoms with E-state index in [0.29, 0.717) is 19.4 Å². The summed E-state index contributed by atoms with van der Waals surface area (Å²) >= 11 is 0. The van der Waals surface area contributed by atoms with Crippen molar-refractivity contribution in [2.45, 2.75) is 265 Å². The zero-order valence-electron chi connectivity index (χ0n) is 39.6. The topological polar surface area (TPSA) is 94.2 Å². The molecule has 0 saturated heterocycles. The van der Waals surface area contributed by atoms with Crippen LogP contribution < -0.4 is 5.32 Å². The van der Waals surface area contributed by atoms with E-state index in [9.17, 15) is 14.4 Å². The van der Waals surface area contributed by atoms with Gasteiger partial charge < -0.3 is 24.4 Å². The van der Waals surface area contributed by atoms with E-state index >= 15 is 0 Å². The summed E-state index contributed by atoms with van der Waals surface area (Å²) < 4.78 is 17.0. The van der Waals surface area contributed by atoms with Gasteiger partial charge in [-0.3, -0.25) is 14.4 Å². The van der Waals surface area contributed by atoms with Crippen molar-refractivity contribution in [2.75, 3.05) is 39.3 Å². The summed E-state index contributed by atoms with van der Waals surface area (Å²) in [6.07, 6.45) is 38.0. The maximum atomic E-state index is 12.8. The van der Waals surface area contributed by atoms with Crippen LogP contribution in [0.5, 0.6) is 0 Å². The lowest BCUT2D eigenvalue weighted by Crippen LogP contribution is -2.37. The zero-order chi connectivity index (χ0) is 42.8. The number of hydrogen-bond donors (Lipinski definition) is 1. The van der Waals surface area contributed by atoms with Crippen LogP contribution in [0.4, 0.5) is 0 Å². The highest BCUT2D eigenvalue weighted by atomic mass is 16.6. The molecule has 0 atom stereocenters. The van der Waals surface area contributed by atoms with Crippen molar-refractivity contribution >= 4 is 17.9 Å². The van der Waals surface area contributed by atoms with Gasteiger partial charge >= 0.3 is 17.9 Å². The van der Waals surface area contributed by atoms with Gasteiger partial charge in [0, 0.05) is 25.9 Å². The first-order valence-corrected chi connectivity index (χ1v) is 25.1. The number of carbonyl (C=O) groups excluding carboxylic acids is 3. The number of esters is 3. The van der Waals surface area contributed by atoms with Gasteiger partial charge in [-0.05, 0) is 91.6 Å². The second-order valence-corrected chi connectivity index (χ2v) is 18.2. The molecular weight excluding hydrogens is 725 g/mol. The molecule has 0 bridgehead atoms. The van der Waals surface area contributed by atoms with E-state index in [4.69, 9.17) is 14.2 Å². The molecule has 0 aliphatic heterocycles. The third-order valence-corrected chi connectivity index (χ3v) is 11.1. The third kappa shape index (κ3) is 42.5. The van der Waals surface area contributed by atoms with E-state index in [1.54, 1.807) is 0 Å². The van der Waals surface area contributed by atoms with Gasteiger partial charge in [-0.25, -0.2) is 0 Å². The molecule has 0 unspecified atom stereocenters. The summed E-state index contributed by atoms with van der Waals surface area (Å²) in [7, 11) is 0. The maximum absolute atomic E-state index is 12.8. The molecule has 0 heterocycles. The van der Waals surface area contributed by atoms with Crippen molar-refractivity contribution in [1.29, 1.82) is 0 Å². The lowest BCUT2D eigenvalue weighted by atomic mass is 10.0. The molecule has 0 aromatic carbocycles. The van der Waals surface area contributed by atoms with E-state index < -0.39 is 5.60 Å². The molecule has 0 fully saturated rings. The fourth-order valence-corrected chi connectivity index (χ4v) is 7.54. The number of nitrogens with zero attached hydrogens (tertiary/aromatic N) is 1. The highest BCUT2D eigenvalue weighted by molar-refractivity contribution is 5.72. The van der Waals surface area contributed by atoms with E-state index in [0.717, 1.165) is 103 Å². The molecule has 0 saturated carbocycles. The Labute approximate surface area is 360 Å². The average Bonchev–Trinajstić information content (AvgIpc) is 3.18. The predicted molar refractivity (Wildman–Crippen MR) is 245 cm³/mol. The Balaban J connectivity index is 4.47. The smallest absolute Gasteiger partial charge is 0.320 e. The second kappa shape index (κ2) is 42.0. The van der Waals surface area contributed by atoms with Crippen LogP contribution in [0.1, 0.15) is 253 Å². The molecular formula is C50H98N2O6. The molecule has 0 rings (SSSR count). The predicted octanol–water partition coefficient (Wildman–Crippen LogP) is 13.6. The Hall–Kier alpha value is -1.67. The van der Waals surface area contributed by atoms with Crippen LogP contribution in [0.2, 0.25) is 0 Å². The van der Waals surface area contributed by atoms with Crippen molar-refractivity contribution in [3.8, 4) is 0 Å². The van der Waals surface area contributed by atoms with Gasteiger partial charge in [-0.1, -0.05) is 162 Å². The summed E-state index contributed by atoms with van der Waals surface area (Å²) in [5, 5.41) is 3.26. The Morgan fingerprint density at radius 2 is 0.897 bits per heavy atom. The van der Waals surface area contributed by atoms with Crippen LogP contribution in [0.15, 0.2) is 0 Å². The standard InChI is InChI=1S/C50H98N2O6/c1-7-10-13-16-19-20-21-27-35-44-56-47(53)38-32-28-34-42-52(43-40-51-45-49(55)58-50(4,5)6)41-33-26-22-25-31-39-48(54)57-46(36-29-23-17-14-11-8-2)37-30-24-18-15-12-9-3/h46,51H,7-45H2,1-6H3. The van der Waals surface area contributed by atoms with Crippen LogP contribution in [0.25, 0.3) is 0 Å². The highest BCUT2D eigenvalue weighted by Gasteiger charge is 2.16. The van der Waals surface area contributed by atoms with Gasteiger partial charge in [0.15, 0.2) is 0 Å². The summed E-state index contributed by atoms with van der Waals surface area (Å²) in [6, 6.07) is 0. The number of rotatable bonds is 44. The quantitative estimate of drug-likeness (QED) is 0.0369. The molecule has 344 valence electrons. The Morgan fingerprint density at radius 3 is 1.40 bits per heavy atom. The lowest BCUT2D eigenvalue weighted by molar-refractivity contribution is -0.153. The van der Waals surface area contributed by atoms with Crippen molar-refractivity contribution in [3.05, 3.63) is 0 Å². The van der Waals surface area contributed by atoms with Crippen molar-refractivity contribution in [3.63, 3.8) is 0 Å². The number of hydrogen-bond acceptors (Lipinski definition) is 8. The van der Waals surface area contributed by atoms with Gasteiger partial charge in [-0.2, -0.15) is 0 Å². The molecule has 8 heteroatoms. The van der Waals surface area contributed by atoms with Crippen LogP contribution in [0.3, 0.4) is 0 Å². The highest BCUT2D eigenvalue weighted by Crippen LogP contribution is 2.19. The molecule has 0 radical (unpaired) electrons. The first-order valence-electron chi connectivity index (χ1n) is 25.1. The minimum atomic E-state index is -0.478. The van der Waals surface area contributed by atoms with Crippen LogP contribution in [-0.4, -0.2) is 73.8 Å². The minimum absolute atomic E-state index is 0.000844. The number of nitrogens with one attached hydrogen (secondary N) is 1. The maximum Gasteiger partial charge on any atom is 0.320 e. The summed E-state index contributed by atoms with van der Waals surface area (Å²) in [6.45, 7) is 16.8. The molecule has 0 spiro atoms. The SMILES string of the molecule is CCCCCCCCCCCOC(=O)CCCCCN(CCCCCCCC(=O)OC(CCCCCCCC)CCCCCCCC)CCNCC(=O)OC(C)(C)C. The molecule has 58 heavy (non-hydrogen) atoms. The van der Waals surface area contributed by atoms with Crippen molar-refractivity contribution < 1.29 is 28.6 Å². The summed E-state index contributed by atoms with van der Waals surface area (Å²) in [5.41, 5.74) is -0.478. The minimum Gasteiger partial charge on any atom is -0.466 e. The molecule has 0 aromatic rings. The van der Waals surface area contributed by atoms with E-state index in [1.165, 1.54) is 122 Å². The number of unbranched alkanes of at least 4 members (excludes halogenated alkanes) is 24. The molecule has 0 aliphatic carbocycles. The molecule has 0 aromatic heterocycles. The van der Waals surface area contributed by atoms with E-state index in [-0.39, 0.29) is 30.6 Å². The van der Waals surface area contributed by atoms with Crippen LogP contribution in [0, 0.1) is 0 Å². The Kier molecular flexibility index (Phi) is 40.8. The van der Waals surface area contributed by atoms with E-state index in [1.807, 2.05) is 20.8 Å². The molecule has 0 aliphatic rings. The zero-order valence-corrected chi connectivity index (χ0v) is 39.6. The van der Waals surface area contributed by atoms with Crippen molar-refractivity contribution in [2.24, 2.45) is 0 Å². The van der Waals surface area contributed by atoms with Crippen LogP contribution >= 0.6 is 0 Å². The van der Waals surface area contributed by atoms with Gasteiger partial charge in [0.25, 0.3) is 0 Å². The molecule has 0 amide bonds. The number of ether oxygens (including phenoxy) is 3. The summed E-state index contributed by atoms with van der Waals surface area (Å²) in [5.74, 6) is -0.282. The van der Waals surface area contributed by atoms with Gasteiger partial charge in [0.1, 0.15) is 11.7 Å². The van der Waals surface area contributed by atoms with E-state index in [2.05, 4.69) is 31.0 Å². The van der Waals surface area contributed by atoms with Gasteiger partial charge in [-0.15, -0.1) is 0 Å². The van der Waals surface area contributed by atoms with Crippen LogP contribution in [-0.2, 0) is 28.6 Å². The largest absolute Gasteiger partial charge is 0.466 e. The fraction of sp³-hybridized carbons (Fsp3) is 0.940. The summed E-state index contributed by atoms with van der Waals surface area (Å²) in [4.78, 5) is 39.7. The first kappa shape index (κ1) is 56.3. The van der Waals surface area contributed by atoms with Gasteiger partial charge in [0.2, 0.25) is 0 Å².